The van der Waals surface area contributed by atoms with Crippen molar-refractivity contribution in [3.05, 3.63) is 0 Å². The molecule has 13 heavy (non-hydrogen) atoms. The highest BCUT2D eigenvalue weighted by Gasteiger charge is 2.28. The molecule has 0 aromatic carbocycles. The van der Waals surface area contributed by atoms with Crippen LogP contribution in [0.25, 0.3) is 0 Å². The van der Waals surface area contributed by atoms with Crippen LogP contribution in [-0.2, 0) is 9.53 Å². The van der Waals surface area contributed by atoms with E-state index in [1.807, 2.05) is 0 Å². The fourth-order valence-electron chi connectivity index (χ4n) is 2.00. The lowest BCUT2D eigenvalue weighted by atomic mass is 9.83. The lowest BCUT2D eigenvalue weighted by Gasteiger charge is -2.36. The monoisotopic (exact) mass is 185 g/mol. The number of methoxy groups -OCH3 is 1. The number of piperidine rings is 1. The maximum atomic E-state index is 11.0. The molecule has 1 rings (SSSR count). The van der Waals surface area contributed by atoms with Gasteiger partial charge in [0.05, 0.1) is 7.11 Å². The standard InChI is InChI=1S/C10H19NO2/c1-10(2)7-8(4-5-11-10)6-9(12)13-3/h8,11H,4-7H2,1-3H3. The van der Waals surface area contributed by atoms with E-state index in [4.69, 9.17) is 0 Å². The Balaban J connectivity index is 2.39. The fourth-order valence-corrected chi connectivity index (χ4v) is 2.00. The van der Waals surface area contributed by atoms with Gasteiger partial charge in [0.1, 0.15) is 0 Å². The third-order valence-corrected chi connectivity index (χ3v) is 2.64. The van der Waals surface area contributed by atoms with Crippen LogP contribution in [0.5, 0.6) is 0 Å². The van der Waals surface area contributed by atoms with E-state index in [1.165, 1.54) is 7.11 Å². The molecule has 0 aromatic heterocycles. The molecule has 0 saturated carbocycles. The summed E-state index contributed by atoms with van der Waals surface area (Å²) in [4.78, 5) is 11.0. The molecule has 1 aliphatic heterocycles. The zero-order valence-corrected chi connectivity index (χ0v) is 8.72. The largest absolute Gasteiger partial charge is 0.469 e. The summed E-state index contributed by atoms with van der Waals surface area (Å²) in [5, 5.41) is 3.43. The van der Waals surface area contributed by atoms with E-state index in [-0.39, 0.29) is 11.5 Å². The van der Waals surface area contributed by atoms with E-state index in [1.54, 1.807) is 0 Å². The summed E-state index contributed by atoms with van der Waals surface area (Å²) in [6.45, 7) is 5.36. The molecule has 0 amide bonds. The van der Waals surface area contributed by atoms with E-state index in [2.05, 4.69) is 23.9 Å². The molecule has 0 bridgehead atoms. The molecule has 0 radical (unpaired) electrons. The average molecular weight is 185 g/mol. The van der Waals surface area contributed by atoms with Gasteiger partial charge in [-0.25, -0.2) is 0 Å². The fraction of sp³-hybridized carbons (Fsp3) is 0.900. The molecular formula is C10H19NO2. The van der Waals surface area contributed by atoms with Crippen LogP contribution < -0.4 is 5.32 Å². The molecule has 1 aliphatic rings. The Bertz CT molecular complexity index is 189. The average Bonchev–Trinajstić information content (AvgIpc) is 2.02. The summed E-state index contributed by atoms with van der Waals surface area (Å²) in [5.41, 5.74) is 0.178. The second-order valence-corrected chi connectivity index (χ2v) is 4.45. The first-order valence-electron chi connectivity index (χ1n) is 4.85. The summed E-state index contributed by atoms with van der Waals surface area (Å²) in [5.74, 6) is 0.409. The quantitative estimate of drug-likeness (QED) is 0.659. The topological polar surface area (TPSA) is 38.3 Å². The van der Waals surface area contributed by atoms with Gasteiger partial charge in [-0.3, -0.25) is 4.79 Å². The van der Waals surface area contributed by atoms with Crippen LogP contribution in [0, 0.1) is 5.92 Å². The highest BCUT2D eigenvalue weighted by atomic mass is 16.5. The molecule has 0 spiro atoms. The number of hydrogen-bond acceptors (Lipinski definition) is 3. The Morgan fingerprint density at radius 1 is 1.62 bits per heavy atom. The van der Waals surface area contributed by atoms with Crippen molar-refractivity contribution in [2.45, 2.75) is 38.6 Å². The van der Waals surface area contributed by atoms with Crippen molar-refractivity contribution in [1.82, 2.24) is 5.32 Å². The molecule has 1 saturated heterocycles. The molecule has 3 nitrogen and oxygen atoms in total. The van der Waals surface area contributed by atoms with Crippen molar-refractivity contribution in [2.75, 3.05) is 13.7 Å². The molecule has 0 aromatic rings. The zero-order chi connectivity index (χ0) is 9.90. The lowest BCUT2D eigenvalue weighted by Crippen LogP contribution is -2.46. The van der Waals surface area contributed by atoms with E-state index >= 15 is 0 Å². The van der Waals surface area contributed by atoms with Crippen LogP contribution in [-0.4, -0.2) is 25.2 Å². The molecule has 76 valence electrons. The third-order valence-electron chi connectivity index (χ3n) is 2.64. The Morgan fingerprint density at radius 2 is 2.31 bits per heavy atom. The van der Waals surface area contributed by atoms with Crippen LogP contribution in [0.2, 0.25) is 0 Å². The molecule has 3 heteroatoms. The predicted octanol–water partition coefficient (Wildman–Crippen LogP) is 1.33. The highest BCUT2D eigenvalue weighted by Crippen LogP contribution is 2.26. The van der Waals surface area contributed by atoms with Crippen molar-refractivity contribution in [2.24, 2.45) is 5.92 Å². The van der Waals surface area contributed by atoms with Crippen LogP contribution >= 0.6 is 0 Å². The number of carbonyl (C=O) groups excluding carboxylic acids is 1. The van der Waals surface area contributed by atoms with Crippen molar-refractivity contribution in [3.8, 4) is 0 Å². The molecule has 1 fully saturated rings. The summed E-state index contributed by atoms with van der Waals surface area (Å²) < 4.78 is 4.66. The van der Waals surface area contributed by atoms with E-state index < -0.39 is 0 Å². The summed E-state index contributed by atoms with van der Waals surface area (Å²) in [7, 11) is 1.45. The van der Waals surface area contributed by atoms with Crippen molar-refractivity contribution in [1.29, 1.82) is 0 Å². The molecule has 1 heterocycles. The predicted molar refractivity (Wildman–Crippen MR) is 51.4 cm³/mol. The van der Waals surface area contributed by atoms with Crippen LogP contribution in [0.3, 0.4) is 0 Å². The Hall–Kier alpha value is -0.570. The van der Waals surface area contributed by atoms with Crippen molar-refractivity contribution in [3.63, 3.8) is 0 Å². The number of rotatable bonds is 2. The number of carbonyl (C=O) groups is 1. The van der Waals surface area contributed by atoms with Crippen LogP contribution in [0.1, 0.15) is 33.1 Å². The normalized spacial score (nSPS) is 26.8. The second kappa shape index (κ2) is 4.09. The zero-order valence-electron chi connectivity index (χ0n) is 8.72. The number of nitrogens with one attached hydrogen (secondary N) is 1. The van der Waals surface area contributed by atoms with Crippen LogP contribution in [0.4, 0.5) is 0 Å². The van der Waals surface area contributed by atoms with Gasteiger partial charge in [0.25, 0.3) is 0 Å². The second-order valence-electron chi connectivity index (χ2n) is 4.45. The van der Waals surface area contributed by atoms with Gasteiger partial charge < -0.3 is 10.1 Å². The van der Waals surface area contributed by atoms with E-state index in [9.17, 15) is 4.79 Å². The van der Waals surface area contributed by atoms with Gasteiger partial charge in [0.15, 0.2) is 0 Å². The summed E-state index contributed by atoms with van der Waals surface area (Å²) in [6.07, 6.45) is 2.71. The lowest BCUT2D eigenvalue weighted by molar-refractivity contribution is -0.142. The maximum absolute atomic E-state index is 11.0. The van der Waals surface area contributed by atoms with E-state index in [0.717, 1.165) is 19.4 Å². The number of hydrogen-bond donors (Lipinski definition) is 1. The SMILES string of the molecule is COC(=O)CC1CCNC(C)(C)C1. The molecule has 1 atom stereocenters. The van der Waals surface area contributed by atoms with Gasteiger partial charge in [-0.05, 0) is 39.2 Å². The van der Waals surface area contributed by atoms with Gasteiger partial charge in [0, 0.05) is 12.0 Å². The Morgan fingerprint density at radius 3 is 2.85 bits per heavy atom. The van der Waals surface area contributed by atoms with Gasteiger partial charge in [-0.1, -0.05) is 0 Å². The molecule has 1 N–H and O–H groups in total. The Kier molecular flexibility index (Phi) is 3.31. The first-order chi connectivity index (χ1) is 6.03. The third kappa shape index (κ3) is 3.35. The first kappa shape index (κ1) is 10.5. The first-order valence-corrected chi connectivity index (χ1v) is 4.85. The Labute approximate surface area is 79.8 Å². The molecule has 1 unspecified atom stereocenters. The van der Waals surface area contributed by atoms with Crippen LogP contribution in [0.15, 0.2) is 0 Å². The summed E-state index contributed by atoms with van der Waals surface area (Å²) >= 11 is 0. The molecule has 0 aliphatic carbocycles. The van der Waals surface area contributed by atoms with Crippen molar-refractivity contribution >= 4 is 5.97 Å². The summed E-state index contributed by atoms with van der Waals surface area (Å²) in [6, 6.07) is 0. The van der Waals surface area contributed by atoms with Gasteiger partial charge in [0.2, 0.25) is 0 Å². The minimum absolute atomic E-state index is 0.0808. The smallest absolute Gasteiger partial charge is 0.305 e. The van der Waals surface area contributed by atoms with Gasteiger partial charge in [-0.2, -0.15) is 0 Å². The van der Waals surface area contributed by atoms with Gasteiger partial charge >= 0.3 is 5.97 Å². The minimum Gasteiger partial charge on any atom is -0.469 e. The maximum Gasteiger partial charge on any atom is 0.305 e. The van der Waals surface area contributed by atoms with E-state index in [0.29, 0.717) is 12.3 Å². The van der Waals surface area contributed by atoms with Gasteiger partial charge in [-0.15, -0.1) is 0 Å². The number of ether oxygens (including phenoxy) is 1. The minimum atomic E-state index is -0.0808. The number of esters is 1. The highest BCUT2D eigenvalue weighted by molar-refractivity contribution is 5.69. The molecular weight excluding hydrogens is 166 g/mol. The van der Waals surface area contributed by atoms with Crippen molar-refractivity contribution < 1.29 is 9.53 Å².